The molecule has 10 heterocycles. The molecule has 4 aromatic carbocycles. The van der Waals surface area contributed by atoms with Crippen molar-refractivity contribution in [1.29, 1.82) is 0 Å². The van der Waals surface area contributed by atoms with Gasteiger partial charge >= 0.3 is 0 Å². The first-order valence-corrected chi connectivity index (χ1v) is 39.5. The summed E-state index contributed by atoms with van der Waals surface area (Å²) >= 11 is 0. The van der Waals surface area contributed by atoms with Gasteiger partial charge in [0.05, 0.1) is 92.1 Å². The Hall–Kier alpha value is 1.73. The van der Waals surface area contributed by atoms with Crippen molar-refractivity contribution in [1.82, 2.24) is 0 Å². The molecule has 0 amide bonds. The van der Waals surface area contributed by atoms with Crippen molar-refractivity contribution in [3.05, 3.63) is 166 Å². The summed E-state index contributed by atoms with van der Waals surface area (Å²) in [6, 6.07) is 42.3. The summed E-state index contributed by atoms with van der Waals surface area (Å²) in [7, 11) is -4.59. The first kappa shape index (κ1) is 94.3. The van der Waals surface area contributed by atoms with E-state index in [0.29, 0.717) is 19.8 Å². The number of nitrogens with zero attached hydrogens (tertiary/aromatic N) is 1. The van der Waals surface area contributed by atoms with E-state index in [0.717, 1.165) is 12.8 Å². The Balaban J connectivity index is 0.000000238. The monoisotopic (exact) mass is 2590 g/mol. The number of ether oxygens (including phenoxy) is 11. The molecule has 21 atom stereocenters. The summed E-state index contributed by atoms with van der Waals surface area (Å²) in [5.41, 5.74) is -3.19. The summed E-state index contributed by atoms with van der Waals surface area (Å²) < 4.78 is 88.2. The fraction of sp³-hybridized carbons (Fsp3) is 0.595. The van der Waals surface area contributed by atoms with Crippen LogP contribution in [-0.4, -0.2) is 203 Å². The first-order valence-electron chi connectivity index (χ1n) is 34.1. The molecule has 20 nitrogen and oxygen atoms in total. The molecule has 10 aliphatic rings. The molecule has 10 saturated heterocycles. The van der Waals surface area contributed by atoms with Crippen LogP contribution in [0.2, 0.25) is 10.1 Å². The van der Waals surface area contributed by atoms with E-state index >= 15 is 0 Å². The summed E-state index contributed by atoms with van der Waals surface area (Å²) in [6.45, 7) is 45.5. The second kappa shape index (κ2) is 39.7. The van der Waals surface area contributed by atoms with Crippen LogP contribution in [-0.2, 0) is 70.0 Å². The first-order chi connectivity index (χ1) is 46.2. The molecule has 10 aliphatic heterocycles. The van der Waals surface area contributed by atoms with Crippen molar-refractivity contribution < 1.29 is 246 Å². The fourth-order valence-electron chi connectivity index (χ4n) is 15.7. The number of methoxy groups -OCH3 is 1. The SMILES string of the molecule is CC[C@]12O[CH-][C@H](O[C@H]1C)[C@@H]2O.CO[C@H]1[C@@H]2[CH-]O[C@@]1(CO[Si](c1ccccc1)(c1ccccc1)C(C)(C)C)[C@H](C)O2.C[C@@H]1O[C@H]2[CH-]O[C@]1(CO)[C@H]2O.C[C@@H]1O[C@H]2[CH-]O[C@]1(CO[Si](c1ccccc1)(c1ccccc1)C(C)(C)C)[C@H]2O.[C-]#[N+]CCOP(C)O[C@H]1[C@@H]2[CH-]O[C@@]1(CC)[C@H](C)O2.[U].[U].[U].[U].[U]. The van der Waals surface area contributed by atoms with Crippen LogP contribution in [0.1, 0.15) is 103 Å². The van der Waals surface area contributed by atoms with Crippen LogP contribution in [0.5, 0.6) is 0 Å². The zero-order chi connectivity index (χ0) is 70.0. The molecular formula is C74H103NO19PSi2U5-5. The van der Waals surface area contributed by atoms with E-state index in [1.807, 2.05) is 53.4 Å². The third kappa shape index (κ3) is 18.0. The number of hydrogen-bond acceptors (Lipinski definition) is 19. The Morgan fingerprint density at radius 2 is 0.775 bits per heavy atom. The zero-order valence-electron chi connectivity index (χ0n) is 61.4. The van der Waals surface area contributed by atoms with E-state index < -0.39 is 65.7 Å². The second-order valence-corrected chi connectivity index (χ2v) is 38.7. The molecule has 556 valence electrons. The van der Waals surface area contributed by atoms with Gasteiger partial charge in [0, 0.05) is 169 Å². The van der Waals surface area contributed by atoms with Gasteiger partial charge < -0.3 is 95.3 Å². The molecule has 0 spiro atoms. The third-order valence-corrected chi connectivity index (χ3v) is 32.6. The number of hydrogen-bond donors (Lipinski definition) is 4. The molecule has 1 unspecified atom stereocenters. The van der Waals surface area contributed by atoms with Crippen molar-refractivity contribution in [2.24, 2.45) is 0 Å². The van der Waals surface area contributed by atoms with E-state index in [1.54, 1.807) is 40.5 Å². The van der Waals surface area contributed by atoms with Gasteiger partial charge in [0.2, 0.25) is 6.54 Å². The Labute approximate surface area is 727 Å². The molecule has 0 aliphatic carbocycles. The summed E-state index contributed by atoms with van der Waals surface area (Å²) in [4.78, 5) is 3.25. The molecule has 4 N–H and O–H groups in total. The van der Waals surface area contributed by atoms with Crippen molar-refractivity contribution in [2.75, 3.05) is 46.7 Å². The minimum atomic E-state index is -2.68. The van der Waals surface area contributed by atoms with Crippen LogP contribution in [0.25, 0.3) is 4.85 Å². The molecule has 0 radical (unpaired) electrons. The van der Waals surface area contributed by atoms with Crippen LogP contribution >= 0.6 is 8.38 Å². The van der Waals surface area contributed by atoms with Gasteiger partial charge in [0.15, 0.2) is 8.38 Å². The van der Waals surface area contributed by atoms with Gasteiger partial charge in [-0.2, -0.15) is 33.0 Å². The van der Waals surface area contributed by atoms with E-state index in [2.05, 4.69) is 163 Å². The number of aliphatic hydroxyl groups excluding tert-OH is 4. The molecular weight excluding hydrogens is 2480 g/mol. The van der Waals surface area contributed by atoms with Crippen LogP contribution < -0.4 is 20.7 Å². The maximum Gasteiger partial charge on any atom is 0.261 e. The Kier molecular flexibility index (Phi) is 36.7. The average molecular weight is 2590 g/mol. The van der Waals surface area contributed by atoms with Gasteiger partial charge in [-0.15, -0.1) is 0 Å². The average Bonchev–Trinajstić information content (AvgIpc) is 1.27. The van der Waals surface area contributed by atoms with Gasteiger partial charge in [-0.05, 0) is 109 Å². The molecule has 0 aromatic heterocycles. The van der Waals surface area contributed by atoms with Crippen LogP contribution in [0.15, 0.2) is 121 Å². The normalized spacial score (nSPS) is 35.5. The predicted octanol–water partition coefficient (Wildman–Crippen LogP) is 7.85. The molecule has 10 fully saturated rings. The number of fused-ring (bicyclic) bond motifs is 10. The van der Waals surface area contributed by atoms with Crippen molar-refractivity contribution in [3.63, 3.8) is 0 Å². The summed E-state index contributed by atoms with van der Waals surface area (Å²) in [6.07, 6.45) is -2.21. The second-order valence-electron chi connectivity index (χ2n) is 28.7. The van der Waals surface area contributed by atoms with Gasteiger partial charge in [-0.1, -0.05) is 177 Å². The molecule has 10 bridgehead atoms. The van der Waals surface area contributed by atoms with Gasteiger partial charge in [0.1, 0.15) is 23.4 Å². The third-order valence-electron chi connectivity index (χ3n) is 21.6. The van der Waals surface area contributed by atoms with Gasteiger partial charge in [-0.3, -0.25) is 0 Å². The van der Waals surface area contributed by atoms with Gasteiger partial charge in [0.25, 0.3) is 16.6 Å². The summed E-state index contributed by atoms with van der Waals surface area (Å²) in [5, 5.41) is 43.7. The maximum absolute atomic E-state index is 10.7. The smallest absolute Gasteiger partial charge is 0.261 e. The number of rotatable bonds is 19. The Morgan fingerprint density at radius 1 is 0.471 bits per heavy atom. The van der Waals surface area contributed by atoms with E-state index in [-0.39, 0.29) is 258 Å². The Morgan fingerprint density at radius 3 is 1.06 bits per heavy atom. The zero-order valence-corrected chi connectivity index (χ0v) is 85.1. The number of aliphatic hydroxyl groups is 4. The van der Waals surface area contributed by atoms with Crippen molar-refractivity contribution in [3.8, 4) is 0 Å². The standard InChI is InChI=1S/C24H31O4Si.C23H29O4Si.C12H19NO4P.C8H13O3.C7H11O4.5U/c1-18-24(22(25-5)21(28-18)16-26-24)17-27-29(23(2,3)4,19-12-8-6-9-13-19)20-14-10-7-11-15-20;1-17-23(21(24)20(27-17)15-25-23)16-26-28(22(2,3)4,18-11-7-5-8-12-18)19-13-9-6-10-14-19;1-5-12-9(2)16-10(8-14-12)11(12)17-18(4)15-7-6-13-3;1-3-8-5(2)11-6(4-10-8)7(8)9;1-4-7(3-8)6(9)5(11-4)2-10-7;;;;;/h6-16,18,21-22H,17H2,1-5H3;5-15,17,20-21,24H,16H2,1-4H3;8-11H,5-7H2,1-2,4H3;4-7,9H,3H2,1-2H3;2,4-6,8-9H,3H2,1H3;;;;;/q5*-1;;;;;/t18-,21-,22-,24-;17-,20-,21-,23-;9-,10-,11-,12-,18?;5-,6-,7-,8-;4-,5-,6-,7-;;;;;/m00000...../s1. The van der Waals surface area contributed by atoms with Crippen molar-refractivity contribution in [2.45, 2.75) is 232 Å². The van der Waals surface area contributed by atoms with E-state index in [4.69, 9.17) is 81.7 Å². The predicted molar refractivity (Wildman–Crippen MR) is 371 cm³/mol. The minimum absolute atomic E-state index is 0. The molecule has 28 heteroatoms. The maximum atomic E-state index is 10.7. The van der Waals surface area contributed by atoms with Crippen LogP contribution in [0.3, 0.4) is 0 Å². The van der Waals surface area contributed by atoms with E-state index in [1.165, 1.54) is 27.4 Å². The summed E-state index contributed by atoms with van der Waals surface area (Å²) in [5.74, 6) is 0. The van der Waals surface area contributed by atoms with Gasteiger partial charge in [-0.25, -0.2) is 6.57 Å². The Bertz CT molecular complexity index is 3100. The molecule has 102 heavy (non-hydrogen) atoms. The largest absolute Gasteiger partial charge is 0.541 e. The quantitative estimate of drug-likeness (QED) is 0.0304. The van der Waals surface area contributed by atoms with E-state index in [9.17, 15) is 15.3 Å². The van der Waals surface area contributed by atoms with Crippen LogP contribution in [0.4, 0.5) is 0 Å². The molecule has 0 saturated carbocycles. The topological polar surface area (TPSA) is 224 Å². The van der Waals surface area contributed by atoms with Crippen LogP contribution in [0, 0.1) is 195 Å². The van der Waals surface area contributed by atoms with Crippen molar-refractivity contribution >= 4 is 45.8 Å². The fourth-order valence-corrected chi connectivity index (χ4v) is 26.0. The molecule has 4 aromatic rings. The molecule has 14 rings (SSSR count). The number of benzene rings is 4. The minimum Gasteiger partial charge on any atom is -0.541 e.